The number of H-pyrrole nitrogens is 1. The molecule has 1 saturated heterocycles. The first kappa shape index (κ1) is 22.4. The lowest BCUT2D eigenvalue weighted by Gasteiger charge is -2.24. The van der Waals surface area contributed by atoms with Crippen LogP contribution < -0.4 is 5.32 Å². The second kappa shape index (κ2) is 8.87. The van der Waals surface area contributed by atoms with Crippen LogP contribution >= 0.6 is 0 Å². The number of benzene rings is 2. The Labute approximate surface area is 208 Å². The van der Waals surface area contributed by atoms with Crippen molar-refractivity contribution in [1.29, 1.82) is 0 Å². The van der Waals surface area contributed by atoms with Crippen molar-refractivity contribution in [2.45, 2.75) is 25.7 Å². The number of hydrogen-bond donors (Lipinski definition) is 2. The molecule has 2 N–H and O–H groups in total. The Balaban J connectivity index is 1.25. The van der Waals surface area contributed by atoms with E-state index in [0.29, 0.717) is 23.2 Å². The van der Waals surface area contributed by atoms with E-state index in [1.165, 1.54) is 12.5 Å². The molecule has 2 aromatic carbocycles. The minimum atomic E-state index is -2.39. The molecule has 5 aromatic rings. The summed E-state index contributed by atoms with van der Waals surface area (Å²) in [6, 6.07) is 14.4. The predicted octanol–water partition coefficient (Wildman–Crippen LogP) is 4.91. The fourth-order valence-corrected chi connectivity index (χ4v) is 7.02. The number of nitrogens with one attached hydrogen (secondary N) is 2. The van der Waals surface area contributed by atoms with E-state index in [1.54, 1.807) is 12.4 Å². The molecule has 0 radical (unpaired) electrons. The molecule has 0 aliphatic carbocycles. The Morgan fingerprint density at radius 1 is 1.14 bits per heavy atom. The third kappa shape index (κ3) is 4.24. The summed E-state index contributed by atoms with van der Waals surface area (Å²) < 4.78 is 18.6. The van der Waals surface area contributed by atoms with Gasteiger partial charge in [-0.25, -0.2) is 14.2 Å². The van der Waals surface area contributed by atoms with Crippen LogP contribution in [0.4, 0.5) is 11.5 Å². The third-order valence-corrected chi connectivity index (χ3v) is 9.00. The molecule has 1 aliphatic rings. The van der Waals surface area contributed by atoms with Crippen LogP contribution in [0.1, 0.15) is 31.2 Å². The Kier molecular flexibility index (Phi) is 5.52. The summed E-state index contributed by atoms with van der Waals surface area (Å²) in [5.41, 5.74) is 6.75. The number of hydrogen-bond acceptors (Lipinski definition) is 6. The first-order valence-corrected chi connectivity index (χ1v) is 13.7. The highest BCUT2D eigenvalue weighted by Crippen LogP contribution is 2.32. The molecule has 0 bridgehead atoms. The lowest BCUT2D eigenvalue weighted by Crippen LogP contribution is -2.22. The molecule has 1 aliphatic heterocycles. The molecule has 0 atom stereocenters. The van der Waals surface area contributed by atoms with E-state index in [1.807, 2.05) is 41.1 Å². The van der Waals surface area contributed by atoms with E-state index in [0.717, 1.165) is 46.3 Å². The van der Waals surface area contributed by atoms with Crippen molar-refractivity contribution in [3.8, 4) is 11.1 Å². The Morgan fingerprint density at radius 2 is 1.94 bits per heavy atom. The van der Waals surface area contributed by atoms with Gasteiger partial charge in [-0.15, -0.1) is 0 Å². The van der Waals surface area contributed by atoms with Crippen LogP contribution in [0.5, 0.6) is 0 Å². The lowest BCUT2D eigenvalue weighted by atomic mass is 9.93. The van der Waals surface area contributed by atoms with E-state index in [9.17, 15) is 9.00 Å². The number of carbonyl (C=O) groups is 1. The normalized spacial score (nSPS) is 20.0. The van der Waals surface area contributed by atoms with Crippen molar-refractivity contribution in [1.82, 2.24) is 24.6 Å². The van der Waals surface area contributed by atoms with Crippen molar-refractivity contribution in [2.75, 3.05) is 16.8 Å². The highest BCUT2D eigenvalue weighted by atomic mass is 32.2. The highest BCUT2D eigenvalue weighted by Gasteiger charge is 2.24. The Hall–Kier alpha value is -4.05. The van der Waals surface area contributed by atoms with Crippen LogP contribution in [-0.2, 0) is 14.5 Å². The molecule has 4 heterocycles. The summed E-state index contributed by atoms with van der Waals surface area (Å²) in [4.78, 5) is 20.7. The number of imidazole rings is 1. The van der Waals surface area contributed by atoms with Gasteiger partial charge < -0.3 is 5.32 Å². The average Bonchev–Trinajstić information content (AvgIpc) is 3.57. The lowest BCUT2D eigenvalue weighted by molar-refractivity contribution is -0.115. The highest BCUT2D eigenvalue weighted by molar-refractivity contribution is 7.93. The van der Waals surface area contributed by atoms with Gasteiger partial charge in [0.1, 0.15) is 0 Å². The molecule has 10 heteroatoms. The van der Waals surface area contributed by atoms with Crippen molar-refractivity contribution < 1.29 is 9.00 Å². The second-order valence-electron chi connectivity index (χ2n) is 9.08. The van der Waals surface area contributed by atoms with Gasteiger partial charge in [-0.2, -0.15) is 9.46 Å². The number of fused-ring (bicyclic) bond motifs is 3. The SMILES string of the molecule is CC(=O)N=S1(=O)CCC(c2ccc(Nc3nc4ccc(-c5cn[nH]c5)cc4n4ccnc34)cc2)CC1. The fraction of sp³-hybridized carbons (Fsp3) is 0.231. The first-order valence-electron chi connectivity index (χ1n) is 11.8. The zero-order valence-corrected chi connectivity index (χ0v) is 20.5. The smallest absolute Gasteiger partial charge is 0.250 e. The molecule has 0 saturated carbocycles. The summed E-state index contributed by atoms with van der Waals surface area (Å²) in [5.74, 6) is 1.59. The van der Waals surface area contributed by atoms with Crippen LogP contribution in [0, 0.1) is 0 Å². The summed E-state index contributed by atoms with van der Waals surface area (Å²) in [7, 11) is -2.39. The van der Waals surface area contributed by atoms with Crippen LogP contribution in [0.2, 0.25) is 0 Å². The van der Waals surface area contributed by atoms with Crippen molar-refractivity contribution >= 4 is 43.8 Å². The summed E-state index contributed by atoms with van der Waals surface area (Å²) in [5, 5.41) is 10.3. The molecular weight excluding hydrogens is 474 g/mol. The maximum Gasteiger partial charge on any atom is 0.250 e. The minimum Gasteiger partial charge on any atom is -0.337 e. The van der Waals surface area contributed by atoms with E-state index in [-0.39, 0.29) is 5.91 Å². The van der Waals surface area contributed by atoms with Crippen molar-refractivity contribution in [3.05, 3.63) is 72.8 Å². The van der Waals surface area contributed by atoms with Gasteiger partial charge >= 0.3 is 0 Å². The molecule has 3 aromatic heterocycles. The second-order valence-corrected chi connectivity index (χ2v) is 11.6. The topological polar surface area (TPSA) is 117 Å². The molecule has 0 unspecified atom stereocenters. The van der Waals surface area contributed by atoms with Gasteiger partial charge in [-0.05, 0) is 54.2 Å². The molecular formula is C26H25N7O2S. The third-order valence-electron chi connectivity index (χ3n) is 6.66. The summed E-state index contributed by atoms with van der Waals surface area (Å²) >= 11 is 0. The quantitative estimate of drug-likeness (QED) is 0.363. The van der Waals surface area contributed by atoms with Gasteiger partial charge in [0, 0.05) is 48.3 Å². The number of anilines is 2. The molecule has 36 heavy (non-hydrogen) atoms. The largest absolute Gasteiger partial charge is 0.337 e. The molecule has 9 nitrogen and oxygen atoms in total. The van der Waals surface area contributed by atoms with E-state index in [2.05, 4.69) is 43.1 Å². The van der Waals surface area contributed by atoms with Gasteiger partial charge in [-0.3, -0.25) is 14.3 Å². The molecule has 6 rings (SSSR count). The summed E-state index contributed by atoms with van der Waals surface area (Å²) in [6.07, 6.45) is 8.91. The van der Waals surface area contributed by atoms with Gasteiger partial charge in [0.05, 0.1) is 27.0 Å². The predicted molar refractivity (Wildman–Crippen MR) is 141 cm³/mol. The monoisotopic (exact) mass is 499 g/mol. The van der Waals surface area contributed by atoms with Crippen molar-refractivity contribution in [3.63, 3.8) is 0 Å². The Bertz CT molecular complexity index is 1680. The van der Waals surface area contributed by atoms with Crippen LogP contribution in [0.15, 0.2) is 71.6 Å². The van der Waals surface area contributed by atoms with Gasteiger partial charge in [0.2, 0.25) is 0 Å². The molecule has 0 spiro atoms. The van der Waals surface area contributed by atoms with Crippen molar-refractivity contribution in [2.24, 2.45) is 4.36 Å². The van der Waals surface area contributed by atoms with E-state index >= 15 is 0 Å². The number of aromatic nitrogens is 5. The first-order chi connectivity index (χ1) is 17.5. The number of nitrogens with zero attached hydrogens (tertiary/aromatic N) is 5. The number of carbonyl (C=O) groups excluding carboxylic acids is 1. The van der Waals surface area contributed by atoms with Crippen LogP contribution in [0.25, 0.3) is 27.8 Å². The van der Waals surface area contributed by atoms with Gasteiger partial charge in [-0.1, -0.05) is 18.2 Å². The molecule has 1 fully saturated rings. The van der Waals surface area contributed by atoms with E-state index in [4.69, 9.17) is 4.98 Å². The van der Waals surface area contributed by atoms with Crippen LogP contribution in [0.3, 0.4) is 0 Å². The summed E-state index contributed by atoms with van der Waals surface area (Å²) in [6.45, 7) is 1.37. The average molecular weight is 500 g/mol. The number of rotatable bonds is 4. The standard InChI is InChI=1S/C26H25N7O2S/c1-17(34)32-36(35)12-8-19(9-13-36)18-2-5-22(6-3-18)30-25-26-27-10-11-33(26)24-14-20(4-7-23(24)31-25)21-15-28-29-16-21/h2-7,10-11,14-16,19H,8-9,12-13H2,1H3,(H,28,29)(H,30,31). The Morgan fingerprint density at radius 3 is 2.67 bits per heavy atom. The zero-order chi connectivity index (χ0) is 24.7. The number of aromatic amines is 1. The maximum absolute atomic E-state index is 12.7. The maximum atomic E-state index is 12.7. The molecule has 1 amide bonds. The van der Waals surface area contributed by atoms with Crippen LogP contribution in [-0.4, -0.2) is 46.2 Å². The fourth-order valence-electron chi connectivity index (χ4n) is 4.86. The van der Waals surface area contributed by atoms with Gasteiger partial charge in [0.15, 0.2) is 11.5 Å². The zero-order valence-electron chi connectivity index (χ0n) is 19.7. The minimum absolute atomic E-state index is 0.318. The number of amides is 1. The van der Waals surface area contributed by atoms with Gasteiger partial charge in [0.25, 0.3) is 5.91 Å². The molecule has 182 valence electrons. The van der Waals surface area contributed by atoms with E-state index < -0.39 is 9.73 Å².